The van der Waals surface area contributed by atoms with Crippen LogP contribution in [0.25, 0.3) is 28.2 Å². The van der Waals surface area contributed by atoms with E-state index < -0.39 is 5.91 Å². The van der Waals surface area contributed by atoms with E-state index in [1.807, 2.05) is 31.2 Å². The number of aryl methyl sites for hydroxylation is 1. The fourth-order valence-corrected chi connectivity index (χ4v) is 4.22. The van der Waals surface area contributed by atoms with Gasteiger partial charge in [0.2, 0.25) is 0 Å². The molecule has 2 amide bonds. The second-order valence-corrected chi connectivity index (χ2v) is 8.69. The molecule has 4 N–H and O–H groups in total. The summed E-state index contributed by atoms with van der Waals surface area (Å²) in [6, 6.07) is 15.1. The van der Waals surface area contributed by atoms with Gasteiger partial charge in [-0.15, -0.1) is 11.3 Å². The highest BCUT2D eigenvalue weighted by Gasteiger charge is 2.20. The topological polar surface area (TPSA) is 119 Å². The number of hydrogen-bond acceptors (Lipinski definition) is 5. The van der Waals surface area contributed by atoms with Gasteiger partial charge in [0.15, 0.2) is 5.13 Å². The van der Waals surface area contributed by atoms with Gasteiger partial charge in [0, 0.05) is 28.9 Å². The third-order valence-corrected chi connectivity index (χ3v) is 6.10. The first-order valence-corrected chi connectivity index (χ1v) is 11.4. The maximum absolute atomic E-state index is 13.4. The number of halogens is 1. The molecular weight excluding hydrogens is 467 g/mol. The van der Waals surface area contributed by atoms with E-state index in [0.29, 0.717) is 33.3 Å². The number of aromatic nitrogens is 4. The molecule has 0 aliphatic carbocycles. The van der Waals surface area contributed by atoms with Gasteiger partial charge in [-0.1, -0.05) is 29.8 Å². The van der Waals surface area contributed by atoms with Crippen molar-refractivity contribution in [1.29, 1.82) is 0 Å². The average Bonchev–Trinajstić information content (AvgIpc) is 3.59. The Balaban J connectivity index is 1.46. The first-order chi connectivity index (χ1) is 16.9. The van der Waals surface area contributed by atoms with Crippen LogP contribution in [0.5, 0.6) is 0 Å². The molecule has 0 bridgehead atoms. The summed E-state index contributed by atoms with van der Waals surface area (Å²) in [7, 11) is 0. The second kappa shape index (κ2) is 8.99. The fraction of sp³-hybridized carbons (Fsp3) is 0.0400. The number of thiazole rings is 1. The molecule has 5 rings (SSSR count). The number of primary amides is 1. The van der Waals surface area contributed by atoms with E-state index in [1.165, 1.54) is 23.5 Å². The summed E-state index contributed by atoms with van der Waals surface area (Å²) in [6.07, 6.45) is 3.24. The summed E-state index contributed by atoms with van der Waals surface area (Å²) >= 11 is 1.25. The van der Waals surface area contributed by atoms with Gasteiger partial charge in [0.05, 0.1) is 16.9 Å². The first-order valence-electron chi connectivity index (χ1n) is 10.6. The Hall–Kier alpha value is -4.57. The smallest absolute Gasteiger partial charge is 0.265 e. The lowest BCUT2D eigenvalue weighted by molar-refractivity contribution is 0.0994. The number of nitrogens with two attached hydrogens (primary N) is 1. The van der Waals surface area contributed by atoms with Crippen LogP contribution in [0.15, 0.2) is 72.4 Å². The van der Waals surface area contributed by atoms with Crippen LogP contribution >= 0.6 is 11.3 Å². The Bertz CT molecular complexity index is 1530. The Kier molecular flexibility index (Phi) is 5.71. The Morgan fingerprint density at radius 2 is 1.83 bits per heavy atom. The number of nitrogens with zero attached hydrogens (tertiary/aromatic N) is 3. The summed E-state index contributed by atoms with van der Waals surface area (Å²) in [5, 5.41) is 9.60. The number of aromatic amines is 1. The number of benzene rings is 2. The Morgan fingerprint density at radius 1 is 1.09 bits per heavy atom. The maximum atomic E-state index is 13.4. The van der Waals surface area contributed by atoms with Gasteiger partial charge >= 0.3 is 0 Å². The third-order valence-electron chi connectivity index (χ3n) is 5.34. The maximum Gasteiger partial charge on any atom is 0.265 e. The van der Waals surface area contributed by atoms with E-state index in [0.717, 1.165) is 11.1 Å². The molecule has 35 heavy (non-hydrogen) atoms. The molecule has 8 nitrogen and oxygen atoms in total. The van der Waals surface area contributed by atoms with Crippen molar-refractivity contribution < 1.29 is 14.0 Å². The standard InChI is InChI=1S/C25H19FN6O2S/c1-14-2-4-15(5-3-14)22-19(12-32(31-22)18-8-6-17(26)7-9-18)24(34)30-25-29-21(13-35-25)16-10-20(23(27)33)28-11-16/h2-13,28H,1H3,(H2,27,33)(H,29,30,34). The summed E-state index contributed by atoms with van der Waals surface area (Å²) in [5.74, 6) is -1.31. The SMILES string of the molecule is Cc1ccc(-c2nn(-c3ccc(F)cc3)cc2C(=O)Nc2nc(-c3c[nH]c(C(N)=O)c3)cs2)cc1. The first kappa shape index (κ1) is 22.2. The van der Waals surface area contributed by atoms with Crippen LogP contribution in [0.1, 0.15) is 26.4 Å². The molecule has 10 heteroatoms. The number of nitrogens with one attached hydrogen (secondary N) is 2. The molecule has 174 valence electrons. The van der Waals surface area contributed by atoms with Crippen LogP contribution < -0.4 is 11.1 Å². The van der Waals surface area contributed by atoms with Crippen LogP contribution in [0, 0.1) is 12.7 Å². The summed E-state index contributed by atoms with van der Waals surface area (Å²) < 4.78 is 14.9. The molecule has 0 atom stereocenters. The molecular formula is C25H19FN6O2S. The van der Waals surface area contributed by atoms with E-state index in [9.17, 15) is 14.0 Å². The molecule has 0 unspecified atom stereocenters. The average molecular weight is 487 g/mol. The van der Waals surface area contributed by atoms with E-state index >= 15 is 0 Å². The number of amides is 2. The molecule has 5 aromatic rings. The van der Waals surface area contributed by atoms with Crippen molar-refractivity contribution in [2.45, 2.75) is 6.92 Å². The minimum atomic E-state index is -0.568. The van der Waals surface area contributed by atoms with E-state index in [2.05, 4.69) is 20.4 Å². The van der Waals surface area contributed by atoms with Crippen LogP contribution in [0.4, 0.5) is 9.52 Å². The van der Waals surface area contributed by atoms with Crippen molar-refractivity contribution in [2.75, 3.05) is 5.32 Å². The minimum Gasteiger partial charge on any atom is -0.364 e. The number of H-pyrrole nitrogens is 1. The van der Waals surface area contributed by atoms with Gasteiger partial charge in [-0.3, -0.25) is 14.9 Å². The fourth-order valence-electron chi connectivity index (χ4n) is 3.50. The lowest BCUT2D eigenvalue weighted by atomic mass is 10.1. The van der Waals surface area contributed by atoms with Crippen LogP contribution in [0.2, 0.25) is 0 Å². The number of hydrogen-bond donors (Lipinski definition) is 3. The van der Waals surface area contributed by atoms with Crippen LogP contribution in [0.3, 0.4) is 0 Å². The second-order valence-electron chi connectivity index (χ2n) is 7.84. The summed E-state index contributed by atoms with van der Waals surface area (Å²) in [4.78, 5) is 31.9. The normalized spacial score (nSPS) is 10.9. The van der Waals surface area contributed by atoms with Gasteiger partial charge < -0.3 is 10.7 Å². The van der Waals surface area contributed by atoms with E-state index in [4.69, 9.17) is 5.73 Å². The van der Waals surface area contributed by atoms with Gasteiger partial charge in [0.25, 0.3) is 11.8 Å². The van der Waals surface area contributed by atoms with Gasteiger partial charge in [0.1, 0.15) is 17.2 Å². The van der Waals surface area contributed by atoms with Gasteiger partial charge in [-0.2, -0.15) is 5.10 Å². The Labute approximate surface area is 203 Å². The predicted octanol–water partition coefficient (Wildman–Crippen LogP) is 4.79. The van der Waals surface area contributed by atoms with Gasteiger partial charge in [-0.05, 0) is 37.3 Å². The molecule has 0 radical (unpaired) electrons. The zero-order chi connectivity index (χ0) is 24.5. The molecule has 0 spiro atoms. The van der Waals surface area contributed by atoms with Crippen molar-refractivity contribution >= 4 is 28.3 Å². The van der Waals surface area contributed by atoms with Crippen molar-refractivity contribution in [3.05, 3.63) is 95.0 Å². The van der Waals surface area contributed by atoms with Crippen molar-refractivity contribution in [1.82, 2.24) is 19.7 Å². The number of anilines is 1. The number of carbonyl (C=O) groups is 2. The molecule has 0 aliphatic heterocycles. The predicted molar refractivity (Wildman–Crippen MR) is 132 cm³/mol. The van der Waals surface area contributed by atoms with E-state index in [1.54, 1.807) is 40.7 Å². The number of rotatable bonds is 6. The molecule has 0 fully saturated rings. The lowest BCUT2D eigenvalue weighted by Gasteiger charge is -2.03. The number of carbonyl (C=O) groups excluding carboxylic acids is 2. The molecule has 0 aliphatic rings. The Morgan fingerprint density at radius 3 is 2.51 bits per heavy atom. The lowest BCUT2D eigenvalue weighted by Crippen LogP contribution is -2.12. The molecule has 2 aromatic carbocycles. The van der Waals surface area contributed by atoms with Crippen LogP contribution in [-0.2, 0) is 0 Å². The highest BCUT2D eigenvalue weighted by atomic mass is 32.1. The highest BCUT2D eigenvalue weighted by Crippen LogP contribution is 2.28. The quantitative estimate of drug-likeness (QED) is 0.320. The van der Waals surface area contributed by atoms with Crippen molar-refractivity contribution in [2.24, 2.45) is 5.73 Å². The minimum absolute atomic E-state index is 0.273. The molecule has 3 heterocycles. The summed E-state index contributed by atoms with van der Waals surface area (Å²) in [6.45, 7) is 1.98. The largest absolute Gasteiger partial charge is 0.364 e. The zero-order valence-corrected chi connectivity index (χ0v) is 19.3. The zero-order valence-electron chi connectivity index (χ0n) is 18.4. The van der Waals surface area contributed by atoms with Crippen LogP contribution in [-0.4, -0.2) is 31.6 Å². The van der Waals surface area contributed by atoms with Crippen molar-refractivity contribution in [3.63, 3.8) is 0 Å². The highest BCUT2D eigenvalue weighted by molar-refractivity contribution is 7.14. The molecule has 0 saturated heterocycles. The van der Waals surface area contributed by atoms with Crippen molar-refractivity contribution in [3.8, 4) is 28.2 Å². The monoisotopic (exact) mass is 486 g/mol. The van der Waals surface area contributed by atoms with E-state index in [-0.39, 0.29) is 17.4 Å². The summed E-state index contributed by atoms with van der Waals surface area (Å²) in [5.41, 5.74) is 10.1. The molecule has 3 aromatic heterocycles. The van der Waals surface area contributed by atoms with Gasteiger partial charge in [-0.25, -0.2) is 14.1 Å². The third kappa shape index (κ3) is 4.59. The molecule has 0 saturated carbocycles.